The monoisotopic (exact) mass is 377 g/mol. The molecule has 26 heavy (non-hydrogen) atoms. The molecule has 1 N–H and O–H groups in total. The van der Waals surface area contributed by atoms with Gasteiger partial charge in [-0.15, -0.1) is 0 Å². The number of nitrogens with one attached hydrogen (secondary N) is 1. The van der Waals surface area contributed by atoms with E-state index in [9.17, 15) is 23.3 Å². The first-order chi connectivity index (χ1) is 12.3. The number of rotatable bonds is 5. The summed E-state index contributed by atoms with van der Waals surface area (Å²) < 4.78 is 28.3. The second-order valence-electron chi connectivity index (χ2n) is 5.84. The second kappa shape index (κ2) is 7.08. The van der Waals surface area contributed by atoms with Crippen LogP contribution in [0.5, 0.6) is 0 Å². The summed E-state index contributed by atoms with van der Waals surface area (Å²) in [6.45, 7) is 0. The fraction of sp³-hybridized carbons (Fsp3) is 0.250. The van der Waals surface area contributed by atoms with E-state index < -0.39 is 26.6 Å². The van der Waals surface area contributed by atoms with Crippen LogP contribution in [0.3, 0.4) is 0 Å². The Balaban J connectivity index is 1.60. The van der Waals surface area contributed by atoms with E-state index in [4.69, 9.17) is 4.42 Å². The number of amides is 1. The molecule has 3 rings (SSSR count). The molecule has 136 valence electrons. The third kappa shape index (κ3) is 4.14. The predicted molar refractivity (Wildman–Crippen MR) is 93.3 cm³/mol. The summed E-state index contributed by atoms with van der Waals surface area (Å²) in [6.07, 6.45) is 1.60. The average molecular weight is 377 g/mol. The van der Waals surface area contributed by atoms with Gasteiger partial charge in [-0.2, -0.15) is 5.10 Å². The minimum absolute atomic E-state index is 0.0151. The number of hydrazone groups is 1. The largest absolute Gasteiger partial charge is 0.455 e. The van der Waals surface area contributed by atoms with E-state index >= 15 is 0 Å². The zero-order valence-electron chi connectivity index (χ0n) is 13.5. The van der Waals surface area contributed by atoms with Crippen LogP contribution in [0.1, 0.15) is 12.2 Å². The van der Waals surface area contributed by atoms with Crippen molar-refractivity contribution >= 4 is 27.6 Å². The molecule has 9 nitrogen and oxygen atoms in total. The molecule has 1 aliphatic rings. The molecule has 2 aromatic rings. The SMILES string of the molecule is O=C(N/N=C\c1ccc(-c2ccc([N+](=O)[O-])cc2)o1)[C@@H]1CCS(=O)(=O)C1. The lowest BCUT2D eigenvalue weighted by molar-refractivity contribution is -0.384. The lowest BCUT2D eigenvalue weighted by Gasteiger charge is -2.04. The van der Waals surface area contributed by atoms with Gasteiger partial charge in [-0.1, -0.05) is 0 Å². The summed E-state index contributed by atoms with van der Waals surface area (Å²) in [5.41, 5.74) is 2.96. The molecule has 0 bridgehead atoms. The predicted octanol–water partition coefficient (Wildman–Crippen LogP) is 1.74. The Hall–Kier alpha value is -3.01. The summed E-state index contributed by atoms with van der Waals surface area (Å²) in [7, 11) is -3.13. The third-order valence-electron chi connectivity index (χ3n) is 3.96. The van der Waals surface area contributed by atoms with Gasteiger partial charge in [-0.25, -0.2) is 13.8 Å². The van der Waals surface area contributed by atoms with Crippen LogP contribution >= 0.6 is 0 Å². The molecule has 1 aromatic carbocycles. The number of sulfone groups is 1. The normalized spacial score (nSPS) is 18.8. The Labute approximate surface area is 148 Å². The molecule has 10 heteroatoms. The fourth-order valence-electron chi connectivity index (χ4n) is 2.58. The first-order valence-electron chi connectivity index (χ1n) is 7.72. The Morgan fingerprint density at radius 1 is 1.27 bits per heavy atom. The maximum Gasteiger partial charge on any atom is 0.269 e. The van der Waals surface area contributed by atoms with Gasteiger partial charge in [-0.3, -0.25) is 14.9 Å². The molecule has 1 atom stereocenters. The van der Waals surface area contributed by atoms with E-state index in [1.807, 2.05) is 0 Å². The summed E-state index contributed by atoms with van der Waals surface area (Å²) in [6, 6.07) is 9.20. The van der Waals surface area contributed by atoms with Crippen LogP contribution in [0.4, 0.5) is 5.69 Å². The molecule has 1 aromatic heterocycles. The Kier molecular flexibility index (Phi) is 4.85. The van der Waals surface area contributed by atoms with Crippen molar-refractivity contribution in [3.63, 3.8) is 0 Å². The Morgan fingerprint density at radius 3 is 2.62 bits per heavy atom. The molecule has 0 unspecified atom stereocenters. The van der Waals surface area contributed by atoms with Crippen LogP contribution in [0.25, 0.3) is 11.3 Å². The number of nitrogens with zero attached hydrogens (tertiary/aromatic N) is 2. The number of furan rings is 1. The van der Waals surface area contributed by atoms with Gasteiger partial charge in [-0.05, 0) is 30.7 Å². The van der Waals surface area contributed by atoms with Crippen molar-refractivity contribution in [3.8, 4) is 11.3 Å². The quantitative estimate of drug-likeness (QED) is 0.479. The van der Waals surface area contributed by atoms with Crippen LogP contribution in [0.2, 0.25) is 0 Å². The highest BCUT2D eigenvalue weighted by Crippen LogP contribution is 2.24. The smallest absolute Gasteiger partial charge is 0.269 e. The van der Waals surface area contributed by atoms with Crippen molar-refractivity contribution in [2.45, 2.75) is 6.42 Å². The molecule has 0 saturated carbocycles. The van der Waals surface area contributed by atoms with Crippen molar-refractivity contribution < 1.29 is 22.6 Å². The topological polar surface area (TPSA) is 132 Å². The van der Waals surface area contributed by atoms with E-state index in [1.165, 1.54) is 18.3 Å². The molecular weight excluding hydrogens is 362 g/mol. The van der Waals surface area contributed by atoms with Gasteiger partial charge in [0.05, 0.1) is 28.6 Å². The molecule has 1 saturated heterocycles. The van der Waals surface area contributed by atoms with E-state index in [0.29, 0.717) is 23.5 Å². The summed E-state index contributed by atoms with van der Waals surface area (Å²) in [4.78, 5) is 22.0. The van der Waals surface area contributed by atoms with Crippen LogP contribution in [-0.4, -0.2) is 37.0 Å². The zero-order chi connectivity index (χ0) is 18.7. The molecule has 1 amide bonds. The lowest BCUT2D eigenvalue weighted by atomic mass is 10.1. The van der Waals surface area contributed by atoms with Crippen molar-refractivity contribution in [3.05, 3.63) is 52.3 Å². The molecule has 2 heterocycles. The van der Waals surface area contributed by atoms with Gasteiger partial charge in [0.25, 0.3) is 5.69 Å². The number of benzene rings is 1. The van der Waals surface area contributed by atoms with E-state index in [0.717, 1.165) is 0 Å². The zero-order valence-corrected chi connectivity index (χ0v) is 14.3. The number of nitro benzene ring substituents is 1. The fourth-order valence-corrected chi connectivity index (χ4v) is 4.32. The first kappa shape index (κ1) is 17.8. The number of carbonyl (C=O) groups is 1. The molecule has 1 aliphatic heterocycles. The first-order valence-corrected chi connectivity index (χ1v) is 9.54. The van der Waals surface area contributed by atoms with E-state index in [1.54, 1.807) is 24.3 Å². The Morgan fingerprint density at radius 2 is 2.00 bits per heavy atom. The number of hydrogen-bond donors (Lipinski definition) is 1. The Bertz CT molecular complexity index is 962. The highest BCUT2D eigenvalue weighted by Gasteiger charge is 2.32. The molecule has 0 radical (unpaired) electrons. The van der Waals surface area contributed by atoms with Crippen molar-refractivity contribution in [2.24, 2.45) is 11.0 Å². The minimum atomic E-state index is -3.13. The molecule has 1 fully saturated rings. The number of carbonyl (C=O) groups excluding carboxylic acids is 1. The summed E-state index contributed by atoms with van der Waals surface area (Å²) in [5.74, 6) is -0.286. The van der Waals surface area contributed by atoms with Crippen LogP contribution in [-0.2, 0) is 14.6 Å². The van der Waals surface area contributed by atoms with Crippen molar-refractivity contribution in [1.82, 2.24) is 5.43 Å². The number of hydrogen-bond acceptors (Lipinski definition) is 7. The van der Waals surface area contributed by atoms with Gasteiger partial charge in [0.1, 0.15) is 11.5 Å². The van der Waals surface area contributed by atoms with Gasteiger partial charge >= 0.3 is 0 Å². The summed E-state index contributed by atoms with van der Waals surface area (Å²) in [5, 5.41) is 14.4. The minimum Gasteiger partial charge on any atom is -0.455 e. The van der Waals surface area contributed by atoms with Crippen LogP contribution < -0.4 is 5.43 Å². The van der Waals surface area contributed by atoms with Gasteiger partial charge in [0.2, 0.25) is 5.91 Å². The van der Waals surface area contributed by atoms with Gasteiger partial charge in [0.15, 0.2) is 9.84 Å². The second-order valence-corrected chi connectivity index (χ2v) is 8.07. The highest BCUT2D eigenvalue weighted by atomic mass is 32.2. The molecular formula is C16H15N3O6S. The van der Waals surface area contributed by atoms with Gasteiger partial charge in [0, 0.05) is 17.7 Å². The van der Waals surface area contributed by atoms with Crippen LogP contribution in [0, 0.1) is 16.0 Å². The standard InChI is InChI=1S/C16H15N3O6S/c20-16(12-7-8-26(23,24)10-12)18-17-9-14-5-6-15(25-14)11-1-3-13(4-2-11)19(21)22/h1-6,9,12H,7-8,10H2,(H,18,20)/b17-9-/t12-/m1/s1. The van der Waals surface area contributed by atoms with E-state index in [-0.39, 0.29) is 17.2 Å². The average Bonchev–Trinajstić information content (AvgIpc) is 3.21. The maximum atomic E-state index is 11.9. The van der Waals surface area contributed by atoms with Crippen LogP contribution in [0.15, 0.2) is 45.9 Å². The third-order valence-corrected chi connectivity index (χ3v) is 5.73. The lowest BCUT2D eigenvalue weighted by Crippen LogP contribution is -2.27. The van der Waals surface area contributed by atoms with E-state index in [2.05, 4.69) is 10.5 Å². The number of non-ortho nitro benzene ring substituents is 1. The molecule has 0 aliphatic carbocycles. The maximum absolute atomic E-state index is 11.9. The molecule has 0 spiro atoms. The van der Waals surface area contributed by atoms with Crippen molar-refractivity contribution in [2.75, 3.05) is 11.5 Å². The number of nitro groups is 1. The highest BCUT2D eigenvalue weighted by molar-refractivity contribution is 7.91. The van der Waals surface area contributed by atoms with Gasteiger partial charge < -0.3 is 4.42 Å². The summed E-state index contributed by atoms with van der Waals surface area (Å²) >= 11 is 0. The van der Waals surface area contributed by atoms with Crippen molar-refractivity contribution in [1.29, 1.82) is 0 Å².